The lowest BCUT2D eigenvalue weighted by Crippen LogP contribution is -2.45. The van der Waals surface area contributed by atoms with Crippen molar-refractivity contribution in [1.82, 2.24) is 15.2 Å². The highest BCUT2D eigenvalue weighted by Crippen LogP contribution is 2.32. The first-order chi connectivity index (χ1) is 12.7. The summed E-state index contributed by atoms with van der Waals surface area (Å²) in [5.74, 6) is 0.992. The van der Waals surface area contributed by atoms with Gasteiger partial charge in [0.2, 0.25) is 5.95 Å². The van der Waals surface area contributed by atoms with Gasteiger partial charge in [0.15, 0.2) is 11.6 Å². The SMILES string of the molecule is Clc1cccc(CCNc2nncc(N3CCC4(CC3)OCCO4)n2)c1. The van der Waals surface area contributed by atoms with E-state index < -0.39 is 0 Å². The number of anilines is 2. The van der Waals surface area contributed by atoms with Crippen molar-refractivity contribution in [3.8, 4) is 0 Å². The van der Waals surface area contributed by atoms with Gasteiger partial charge in [-0.25, -0.2) is 0 Å². The van der Waals surface area contributed by atoms with E-state index in [0.717, 1.165) is 49.7 Å². The van der Waals surface area contributed by atoms with E-state index in [1.165, 1.54) is 5.56 Å². The van der Waals surface area contributed by atoms with Crippen molar-refractivity contribution in [2.24, 2.45) is 0 Å². The van der Waals surface area contributed by atoms with Crippen molar-refractivity contribution >= 4 is 23.4 Å². The van der Waals surface area contributed by atoms with Crippen LogP contribution < -0.4 is 10.2 Å². The zero-order chi connectivity index (χ0) is 17.8. The van der Waals surface area contributed by atoms with Crippen molar-refractivity contribution in [3.05, 3.63) is 41.0 Å². The van der Waals surface area contributed by atoms with Gasteiger partial charge < -0.3 is 19.7 Å². The zero-order valence-electron chi connectivity index (χ0n) is 14.5. The molecule has 7 nitrogen and oxygen atoms in total. The molecule has 0 radical (unpaired) electrons. The van der Waals surface area contributed by atoms with Crippen LogP contribution in [0.3, 0.4) is 0 Å². The normalized spacial score (nSPS) is 19.0. The highest BCUT2D eigenvalue weighted by molar-refractivity contribution is 6.30. The van der Waals surface area contributed by atoms with Crippen molar-refractivity contribution in [3.63, 3.8) is 0 Å². The minimum Gasteiger partial charge on any atom is -0.355 e. The number of nitrogens with zero attached hydrogens (tertiary/aromatic N) is 4. The molecule has 2 saturated heterocycles. The summed E-state index contributed by atoms with van der Waals surface area (Å²) >= 11 is 6.01. The molecule has 2 fully saturated rings. The molecule has 3 heterocycles. The van der Waals surface area contributed by atoms with Gasteiger partial charge in [-0.15, -0.1) is 5.10 Å². The minimum atomic E-state index is -0.380. The lowest BCUT2D eigenvalue weighted by molar-refractivity contribution is -0.169. The smallest absolute Gasteiger partial charge is 0.244 e. The van der Waals surface area contributed by atoms with Crippen LogP contribution >= 0.6 is 11.6 Å². The molecule has 4 rings (SSSR count). The molecule has 1 spiro atoms. The number of rotatable bonds is 5. The summed E-state index contributed by atoms with van der Waals surface area (Å²) in [5, 5.41) is 12.2. The highest BCUT2D eigenvalue weighted by Gasteiger charge is 2.40. The maximum absolute atomic E-state index is 6.01. The molecule has 0 amide bonds. The second-order valence-corrected chi connectivity index (χ2v) is 6.98. The first-order valence-corrected chi connectivity index (χ1v) is 9.31. The van der Waals surface area contributed by atoms with Crippen molar-refractivity contribution < 1.29 is 9.47 Å². The van der Waals surface area contributed by atoms with Gasteiger partial charge in [-0.05, 0) is 24.1 Å². The van der Waals surface area contributed by atoms with Crippen molar-refractivity contribution in [1.29, 1.82) is 0 Å². The van der Waals surface area contributed by atoms with Gasteiger partial charge in [0, 0.05) is 37.5 Å². The van der Waals surface area contributed by atoms with Crippen LogP contribution in [0.5, 0.6) is 0 Å². The van der Waals surface area contributed by atoms with E-state index in [0.29, 0.717) is 19.2 Å². The van der Waals surface area contributed by atoms with Gasteiger partial charge in [0.25, 0.3) is 0 Å². The molecule has 2 aliphatic rings. The first kappa shape index (κ1) is 17.5. The number of ether oxygens (including phenoxy) is 2. The summed E-state index contributed by atoms with van der Waals surface area (Å²) in [6.45, 7) is 3.77. The summed E-state index contributed by atoms with van der Waals surface area (Å²) in [6.07, 6.45) is 4.23. The molecule has 0 aliphatic carbocycles. The predicted molar refractivity (Wildman–Crippen MR) is 99.6 cm³/mol. The molecule has 2 aromatic rings. The topological polar surface area (TPSA) is 72.4 Å². The van der Waals surface area contributed by atoms with E-state index >= 15 is 0 Å². The van der Waals surface area contributed by atoms with Gasteiger partial charge in [-0.1, -0.05) is 23.7 Å². The summed E-state index contributed by atoms with van der Waals surface area (Å²) in [6, 6.07) is 7.85. The van der Waals surface area contributed by atoms with E-state index in [2.05, 4.69) is 31.5 Å². The molecule has 2 aliphatic heterocycles. The van der Waals surface area contributed by atoms with Crippen LogP contribution in [0.1, 0.15) is 18.4 Å². The Kier molecular flexibility index (Phi) is 5.19. The summed E-state index contributed by atoms with van der Waals surface area (Å²) in [4.78, 5) is 6.80. The van der Waals surface area contributed by atoms with Gasteiger partial charge in [0.1, 0.15) is 0 Å². The Balaban J connectivity index is 1.32. The average molecular weight is 376 g/mol. The Labute approximate surface area is 157 Å². The fraction of sp³-hybridized carbons (Fsp3) is 0.500. The molecular formula is C18H22ClN5O2. The fourth-order valence-electron chi connectivity index (χ4n) is 3.40. The fourth-order valence-corrected chi connectivity index (χ4v) is 3.61. The van der Waals surface area contributed by atoms with Gasteiger partial charge >= 0.3 is 0 Å². The quantitative estimate of drug-likeness (QED) is 0.860. The van der Waals surface area contributed by atoms with Crippen LogP contribution in [0.4, 0.5) is 11.8 Å². The van der Waals surface area contributed by atoms with Crippen LogP contribution in [0.2, 0.25) is 5.02 Å². The number of aromatic nitrogens is 3. The number of hydrogen-bond acceptors (Lipinski definition) is 7. The van der Waals surface area contributed by atoms with Gasteiger partial charge in [-0.2, -0.15) is 10.1 Å². The summed E-state index contributed by atoms with van der Waals surface area (Å²) in [5.41, 5.74) is 1.17. The maximum Gasteiger partial charge on any atom is 0.244 e. The van der Waals surface area contributed by atoms with E-state index in [1.54, 1.807) is 6.20 Å². The predicted octanol–water partition coefficient (Wildman–Crippen LogP) is 2.52. The molecule has 0 saturated carbocycles. The maximum atomic E-state index is 6.01. The molecule has 8 heteroatoms. The van der Waals surface area contributed by atoms with Gasteiger partial charge in [0.05, 0.1) is 19.4 Å². The van der Waals surface area contributed by atoms with E-state index in [-0.39, 0.29) is 5.79 Å². The number of halogens is 1. The third-order valence-electron chi connectivity index (χ3n) is 4.79. The minimum absolute atomic E-state index is 0.380. The molecule has 1 N–H and O–H groups in total. The van der Waals surface area contributed by atoms with Crippen LogP contribution in [0.15, 0.2) is 30.5 Å². The zero-order valence-corrected chi connectivity index (χ0v) is 15.3. The van der Waals surface area contributed by atoms with Crippen LogP contribution in [-0.2, 0) is 15.9 Å². The molecular weight excluding hydrogens is 354 g/mol. The molecule has 0 unspecified atom stereocenters. The van der Waals surface area contributed by atoms with E-state index in [9.17, 15) is 0 Å². The van der Waals surface area contributed by atoms with E-state index in [1.807, 2.05) is 18.2 Å². The second-order valence-electron chi connectivity index (χ2n) is 6.54. The largest absolute Gasteiger partial charge is 0.355 e. The Morgan fingerprint density at radius 1 is 1.19 bits per heavy atom. The standard InChI is InChI=1S/C18H22ClN5O2/c19-15-3-1-2-14(12-15)4-7-20-17-22-16(13-21-23-17)24-8-5-18(6-9-24)25-10-11-26-18/h1-3,12-13H,4-11H2,(H,20,22,23). The van der Waals surface area contributed by atoms with Gasteiger partial charge in [-0.3, -0.25) is 0 Å². The Bertz CT molecular complexity index is 744. The monoisotopic (exact) mass is 375 g/mol. The third kappa shape index (κ3) is 4.06. The first-order valence-electron chi connectivity index (χ1n) is 8.93. The van der Waals surface area contributed by atoms with Crippen LogP contribution in [-0.4, -0.2) is 53.8 Å². The molecule has 26 heavy (non-hydrogen) atoms. The number of hydrogen-bond donors (Lipinski definition) is 1. The highest BCUT2D eigenvalue weighted by atomic mass is 35.5. The van der Waals surface area contributed by atoms with E-state index in [4.69, 9.17) is 21.1 Å². The average Bonchev–Trinajstić information content (AvgIpc) is 3.11. The molecule has 0 atom stereocenters. The lowest BCUT2D eigenvalue weighted by atomic mass is 10.0. The van der Waals surface area contributed by atoms with Crippen molar-refractivity contribution in [2.75, 3.05) is 43.1 Å². The third-order valence-corrected chi connectivity index (χ3v) is 5.03. The summed E-state index contributed by atoms with van der Waals surface area (Å²) < 4.78 is 11.5. The molecule has 1 aromatic carbocycles. The second kappa shape index (κ2) is 7.73. The Hall–Kier alpha value is -1.96. The van der Waals surface area contributed by atoms with Crippen molar-refractivity contribution in [2.45, 2.75) is 25.0 Å². The van der Waals surface area contributed by atoms with Crippen LogP contribution in [0, 0.1) is 0 Å². The molecule has 0 bridgehead atoms. The molecule has 1 aromatic heterocycles. The number of benzene rings is 1. The Morgan fingerprint density at radius 2 is 2.00 bits per heavy atom. The summed E-state index contributed by atoms with van der Waals surface area (Å²) in [7, 11) is 0. The Morgan fingerprint density at radius 3 is 2.77 bits per heavy atom. The number of piperidine rings is 1. The molecule has 138 valence electrons. The van der Waals surface area contributed by atoms with Crippen LogP contribution in [0.25, 0.3) is 0 Å². The number of nitrogens with one attached hydrogen (secondary N) is 1. The lowest BCUT2D eigenvalue weighted by Gasteiger charge is -2.37.